The van der Waals surface area contributed by atoms with Crippen molar-refractivity contribution in [1.29, 1.82) is 0 Å². The minimum atomic E-state index is -0.275. The summed E-state index contributed by atoms with van der Waals surface area (Å²) in [7, 11) is 0. The van der Waals surface area contributed by atoms with Gasteiger partial charge in [-0.15, -0.1) is 0 Å². The lowest BCUT2D eigenvalue weighted by molar-refractivity contribution is -0.129. The first kappa shape index (κ1) is 12.7. The van der Waals surface area contributed by atoms with Crippen molar-refractivity contribution in [1.82, 2.24) is 0 Å². The second-order valence-electron chi connectivity index (χ2n) is 6.83. The summed E-state index contributed by atoms with van der Waals surface area (Å²) < 4.78 is 0. The van der Waals surface area contributed by atoms with Gasteiger partial charge in [-0.25, -0.2) is 0 Å². The van der Waals surface area contributed by atoms with Crippen LogP contribution in [0.15, 0.2) is 42.0 Å². The van der Waals surface area contributed by atoms with Gasteiger partial charge in [0, 0.05) is 12.3 Å². The Kier molecular flexibility index (Phi) is 2.70. The van der Waals surface area contributed by atoms with Crippen molar-refractivity contribution in [2.75, 3.05) is 0 Å². The Balaban J connectivity index is 2.07. The van der Waals surface area contributed by atoms with Crippen molar-refractivity contribution < 1.29 is 4.79 Å². The van der Waals surface area contributed by atoms with Gasteiger partial charge in [-0.1, -0.05) is 55.8 Å². The molecule has 0 heterocycles. The summed E-state index contributed by atoms with van der Waals surface area (Å²) in [6.07, 6.45) is 5.07. The molecule has 19 heavy (non-hydrogen) atoms. The summed E-state index contributed by atoms with van der Waals surface area (Å²) in [6, 6.07) is 10.5. The van der Waals surface area contributed by atoms with Gasteiger partial charge in [-0.2, -0.15) is 0 Å². The number of Topliss-reactive ketones (excluding diaryl/α,β-unsaturated/α-hetero) is 1. The van der Waals surface area contributed by atoms with Crippen LogP contribution in [-0.2, 0) is 4.79 Å². The lowest BCUT2D eigenvalue weighted by atomic mass is 9.57. The molecule has 1 aromatic rings. The average Bonchev–Trinajstić information content (AvgIpc) is 2.76. The first-order valence-electron chi connectivity index (χ1n) is 7.25. The molecule has 3 rings (SSSR count). The number of ketones is 1. The number of benzene rings is 1. The van der Waals surface area contributed by atoms with Gasteiger partial charge < -0.3 is 0 Å². The van der Waals surface area contributed by atoms with E-state index >= 15 is 0 Å². The SMILES string of the molecule is CC1(C)CCC(=O)[C@]2(C)C1=CC[C@H]2c1ccccc1. The summed E-state index contributed by atoms with van der Waals surface area (Å²) in [4.78, 5) is 12.6. The van der Waals surface area contributed by atoms with Gasteiger partial charge in [0.1, 0.15) is 5.78 Å². The van der Waals surface area contributed by atoms with Crippen molar-refractivity contribution in [3.63, 3.8) is 0 Å². The molecule has 1 nitrogen and oxygen atoms in total. The minimum Gasteiger partial charge on any atom is -0.299 e. The molecule has 2 atom stereocenters. The van der Waals surface area contributed by atoms with Crippen LogP contribution in [0.5, 0.6) is 0 Å². The van der Waals surface area contributed by atoms with E-state index in [1.165, 1.54) is 11.1 Å². The second kappa shape index (κ2) is 4.06. The molecule has 0 amide bonds. The topological polar surface area (TPSA) is 17.1 Å². The Morgan fingerprint density at radius 3 is 2.47 bits per heavy atom. The van der Waals surface area contributed by atoms with E-state index in [4.69, 9.17) is 0 Å². The summed E-state index contributed by atoms with van der Waals surface area (Å²) in [6.45, 7) is 6.75. The van der Waals surface area contributed by atoms with E-state index in [1.54, 1.807) is 0 Å². The number of carbonyl (C=O) groups is 1. The van der Waals surface area contributed by atoms with Crippen molar-refractivity contribution in [3.8, 4) is 0 Å². The predicted molar refractivity (Wildman–Crippen MR) is 78.0 cm³/mol. The van der Waals surface area contributed by atoms with E-state index in [9.17, 15) is 4.79 Å². The van der Waals surface area contributed by atoms with Gasteiger partial charge >= 0.3 is 0 Å². The maximum atomic E-state index is 12.6. The van der Waals surface area contributed by atoms with Gasteiger partial charge in [-0.05, 0) is 30.7 Å². The molecule has 2 aliphatic carbocycles. The zero-order valence-electron chi connectivity index (χ0n) is 12.1. The summed E-state index contributed by atoms with van der Waals surface area (Å²) in [5.41, 5.74) is 2.59. The molecule has 1 saturated carbocycles. The van der Waals surface area contributed by atoms with Crippen LogP contribution >= 0.6 is 0 Å². The van der Waals surface area contributed by atoms with Crippen LogP contribution in [0.25, 0.3) is 0 Å². The molecular formula is C18H22O. The molecule has 0 bridgehead atoms. The fourth-order valence-electron chi connectivity index (χ4n) is 4.17. The molecule has 0 aliphatic heterocycles. The highest BCUT2D eigenvalue weighted by atomic mass is 16.1. The van der Waals surface area contributed by atoms with E-state index in [2.05, 4.69) is 51.1 Å². The minimum absolute atomic E-state index is 0.173. The molecule has 0 N–H and O–H groups in total. The van der Waals surface area contributed by atoms with Crippen LogP contribution in [0.4, 0.5) is 0 Å². The van der Waals surface area contributed by atoms with Crippen LogP contribution in [-0.4, -0.2) is 5.78 Å². The number of carbonyl (C=O) groups excluding carboxylic acids is 1. The Hall–Kier alpha value is -1.37. The monoisotopic (exact) mass is 254 g/mol. The number of allylic oxidation sites excluding steroid dienone is 2. The highest BCUT2D eigenvalue weighted by Crippen LogP contribution is 2.59. The Bertz CT molecular complexity index is 538. The fraction of sp³-hybridized carbons (Fsp3) is 0.500. The smallest absolute Gasteiger partial charge is 0.143 e. The molecule has 1 fully saturated rings. The van der Waals surface area contributed by atoms with Gasteiger partial charge in [0.2, 0.25) is 0 Å². The standard InChI is InChI=1S/C18H22O/c1-17(2)12-11-16(19)18(3)14(9-10-15(17)18)13-7-5-4-6-8-13/h4-8,10,14H,9,11-12H2,1-3H3/t14-,18-/m0/s1. The summed E-state index contributed by atoms with van der Waals surface area (Å²) >= 11 is 0. The molecule has 0 aromatic heterocycles. The van der Waals surface area contributed by atoms with Gasteiger partial charge in [0.15, 0.2) is 0 Å². The zero-order valence-corrected chi connectivity index (χ0v) is 12.1. The largest absolute Gasteiger partial charge is 0.299 e. The molecular weight excluding hydrogens is 232 g/mol. The number of hydrogen-bond donors (Lipinski definition) is 0. The van der Waals surface area contributed by atoms with E-state index in [0.717, 1.165) is 19.3 Å². The Morgan fingerprint density at radius 1 is 1.11 bits per heavy atom. The first-order chi connectivity index (χ1) is 8.96. The second-order valence-corrected chi connectivity index (χ2v) is 6.83. The summed E-state index contributed by atoms with van der Waals surface area (Å²) in [5, 5.41) is 0. The lowest BCUT2D eigenvalue weighted by Gasteiger charge is -2.45. The molecule has 1 heteroatoms. The van der Waals surface area contributed by atoms with Crippen LogP contribution in [0.3, 0.4) is 0 Å². The predicted octanol–water partition coefficient (Wildman–Crippen LogP) is 4.50. The highest BCUT2D eigenvalue weighted by molar-refractivity contribution is 5.91. The third kappa shape index (κ3) is 1.71. The normalized spacial score (nSPS) is 32.9. The Morgan fingerprint density at radius 2 is 1.79 bits per heavy atom. The van der Waals surface area contributed by atoms with E-state index in [-0.39, 0.29) is 10.8 Å². The maximum absolute atomic E-state index is 12.6. The fourth-order valence-corrected chi connectivity index (χ4v) is 4.17. The third-order valence-electron chi connectivity index (χ3n) is 5.30. The molecule has 1 aromatic carbocycles. The van der Waals surface area contributed by atoms with Crippen molar-refractivity contribution >= 4 is 5.78 Å². The number of fused-ring (bicyclic) bond motifs is 1. The van der Waals surface area contributed by atoms with E-state index in [1.807, 2.05) is 6.07 Å². The third-order valence-corrected chi connectivity index (χ3v) is 5.30. The maximum Gasteiger partial charge on any atom is 0.143 e. The van der Waals surface area contributed by atoms with Crippen LogP contribution in [0, 0.1) is 10.8 Å². The van der Waals surface area contributed by atoms with E-state index in [0.29, 0.717) is 11.7 Å². The zero-order chi connectivity index (χ0) is 13.7. The van der Waals surface area contributed by atoms with Gasteiger partial charge in [0.25, 0.3) is 0 Å². The summed E-state index contributed by atoms with van der Waals surface area (Å²) in [5.74, 6) is 0.764. The molecule has 0 spiro atoms. The number of rotatable bonds is 1. The molecule has 2 aliphatic rings. The number of hydrogen-bond acceptors (Lipinski definition) is 1. The van der Waals surface area contributed by atoms with Gasteiger partial charge in [-0.3, -0.25) is 4.79 Å². The molecule has 0 saturated heterocycles. The van der Waals surface area contributed by atoms with Crippen LogP contribution in [0.1, 0.15) is 51.5 Å². The van der Waals surface area contributed by atoms with E-state index < -0.39 is 0 Å². The molecule has 0 radical (unpaired) electrons. The Labute approximate surface area is 115 Å². The average molecular weight is 254 g/mol. The first-order valence-corrected chi connectivity index (χ1v) is 7.25. The van der Waals surface area contributed by atoms with Crippen molar-refractivity contribution in [2.45, 2.75) is 46.0 Å². The molecule has 0 unspecified atom stereocenters. The van der Waals surface area contributed by atoms with Crippen LogP contribution < -0.4 is 0 Å². The van der Waals surface area contributed by atoms with Crippen molar-refractivity contribution in [3.05, 3.63) is 47.5 Å². The van der Waals surface area contributed by atoms with Crippen LogP contribution in [0.2, 0.25) is 0 Å². The van der Waals surface area contributed by atoms with Crippen molar-refractivity contribution in [2.24, 2.45) is 10.8 Å². The van der Waals surface area contributed by atoms with Gasteiger partial charge in [0.05, 0.1) is 5.41 Å². The lowest BCUT2D eigenvalue weighted by Crippen LogP contribution is -2.42. The molecule has 100 valence electrons. The highest BCUT2D eigenvalue weighted by Gasteiger charge is 2.54. The quantitative estimate of drug-likeness (QED) is 0.675.